The molecule has 0 unspecified atom stereocenters. The standard InChI is InChI=1S/C16H25N3O2/c1-12-7-6-8-13(11-12)18-15(21)16(2,3)14(20)17-9-10-19(4)5/h6-8,11H,9-10H2,1-5H3,(H,17,20)(H,18,21). The first kappa shape index (κ1) is 17.2. The number of hydrogen-bond donors (Lipinski definition) is 2. The average Bonchev–Trinajstić information content (AvgIpc) is 2.37. The van der Waals surface area contributed by atoms with E-state index in [-0.39, 0.29) is 11.8 Å². The molecule has 1 aromatic rings. The summed E-state index contributed by atoms with van der Waals surface area (Å²) >= 11 is 0. The number of nitrogens with zero attached hydrogens (tertiary/aromatic N) is 1. The number of likely N-dealkylation sites (N-methyl/N-ethyl adjacent to an activating group) is 1. The predicted molar refractivity (Wildman–Crippen MR) is 85.2 cm³/mol. The van der Waals surface area contributed by atoms with Crippen LogP contribution in [0.3, 0.4) is 0 Å². The molecule has 0 fully saturated rings. The molecule has 0 aliphatic rings. The first-order valence-electron chi connectivity index (χ1n) is 7.04. The summed E-state index contributed by atoms with van der Waals surface area (Å²) in [5.74, 6) is -0.579. The van der Waals surface area contributed by atoms with Crippen molar-refractivity contribution in [2.45, 2.75) is 20.8 Å². The van der Waals surface area contributed by atoms with Gasteiger partial charge in [0.2, 0.25) is 11.8 Å². The van der Waals surface area contributed by atoms with Crippen molar-refractivity contribution in [3.8, 4) is 0 Å². The van der Waals surface area contributed by atoms with Gasteiger partial charge in [-0.1, -0.05) is 12.1 Å². The third kappa shape index (κ3) is 5.19. The molecule has 0 saturated carbocycles. The molecule has 0 aliphatic heterocycles. The Morgan fingerprint density at radius 2 is 1.86 bits per heavy atom. The molecular formula is C16H25N3O2. The number of benzene rings is 1. The second-order valence-electron chi connectivity index (χ2n) is 6.01. The highest BCUT2D eigenvalue weighted by Gasteiger charge is 2.35. The lowest BCUT2D eigenvalue weighted by molar-refractivity contribution is -0.138. The fourth-order valence-electron chi connectivity index (χ4n) is 1.73. The molecule has 1 aromatic carbocycles. The maximum absolute atomic E-state index is 12.3. The van der Waals surface area contributed by atoms with Gasteiger partial charge in [-0.25, -0.2) is 0 Å². The summed E-state index contributed by atoms with van der Waals surface area (Å²) in [6.45, 7) is 6.47. The molecule has 0 bridgehead atoms. The van der Waals surface area contributed by atoms with Crippen LogP contribution in [-0.2, 0) is 9.59 Å². The zero-order valence-corrected chi connectivity index (χ0v) is 13.5. The summed E-state index contributed by atoms with van der Waals surface area (Å²) in [6.07, 6.45) is 0. The minimum atomic E-state index is -1.12. The Morgan fingerprint density at radius 3 is 2.43 bits per heavy atom. The maximum Gasteiger partial charge on any atom is 0.239 e. The Morgan fingerprint density at radius 1 is 1.19 bits per heavy atom. The number of hydrogen-bond acceptors (Lipinski definition) is 3. The molecule has 2 N–H and O–H groups in total. The van der Waals surface area contributed by atoms with Gasteiger partial charge in [0.05, 0.1) is 0 Å². The Balaban J connectivity index is 2.63. The van der Waals surface area contributed by atoms with Crippen molar-refractivity contribution in [2.24, 2.45) is 5.41 Å². The lowest BCUT2D eigenvalue weighted by atomic mass is 9.91. The van der Waals surface area contributed by atoms with Crippen molar-refractivity contribution in [3.05, 3.63) is 29.8 Å². The smallest absolute Gasteiger partial charge is 0.239 e. The van der Waals surface area contributed by atoms with Gasteiger partial charge in [-0.15, -0.1) is 0 Å². The largest absolute Gasteiger partial charge is 0.354 e. The second kappa shape index (κ2) is 7.22. The van der Waals surface area contributed by atoms with E-state index in [1.54, 1.807) is 13.8 Å². The van der Waals surface area contributed by atoms with Crippen molar-refractivity contribution >= 4 is 17.5 Å². The van der Waals surface area contributed by atoms with Crippen LogP contribution in [0.2, 0.25) is 0 Å². The van der Waals surface area contributed by atoms with E-state index in [1.165, 1.54) is 0 Å². The molecule has 116 valence electrons. The van der Waals surface area contributed by atoms with Gasteiger partial charge in [-0.05, 0) is 52.6 Å². The van der Waals surface area contributed by atoms with Gasteiger partial charge in [0.25, 0.3) is 0 Å². The molecular weight excluding hydrogens is 266 g/mol. The van der Waals surface area contributed by atoms with Crippen LogP contribution in [0.25, 0.3) is 0 Å². The molecule has 5 heteroatoms. The Bertz CT molecular complexity index is 510. The van der Waals surface area contributed by atoms with E-state index in [2.05, 4.69) is 10.6 Å². The number of carbonyl (C=O) groups is 2. The van der Waals surface area contributed by atoms with Gasteiger partial charge in [-0.2, -0.15) is 0 Å². The van der Waals surface area contributed by atoms with Crippen LogP contribution in [0, 0.1) is 12.3 Å². The summed E-state index contributed by atoms with van der Waals surface area (Å²) in [4.78, 5) is 26.4. The van der Waals surface area contributed by atoms with E-state index in [0.29, 0.717) is 12.2 Å². The highest BCUT2D eigenvalue weighted by molar-refractivity contribution is 6.09. The third-order valence-corrected chi connectivity index (χ3v) is 3.26. The quantitative estimate of drug-likeness (QED) is 0.783. The molecule has 0 heterocycles. The van der Waals surface area contributed by atoms with Gasteiger partial charge < -0.3 is 15.5 Å². The Labute approximate surface area is 126 Å². The van der Waals surface area contributed by atoms with E-state index in [4.69, 9.17) is 0 Å². The molecule has 0 atom stereocenters. The van der Waals surface area contributed by atoms with Crippen molar-refractivity contribution in [2.75, 3.05) is 32.5 Å². The number of anilines is 1. The fourth-order valence-corrected chi connectivity index (χ4v) is 1.73. The van der Waals surface area contributed by atoms with Gasteiger partial charge in [0.15, 0.2) is 0 Å². The van der Waals surface area contributed by atoms with Crippen LogP contribution in [0.15, 0.2) is 24.3 Å². The normalized spacial score (nSPS) is 11.3. The topological polar surface area (TPSA) is 61.4 Å². The monoisotopic (exact) mass is 291 g/mol. The highest BCUT2D eigenvalue weighted by Crippen LogP contribution is 2.19. The first-order chi connectivity index (χ1) is 9.73. The van der Waals surface area contributed by atoms with Gasteiger partial charge in [0.1, 0.15) is 5.41 Å². The molecule has 5 nitrogen and oxygen atoms in total. The van der Waals surface area contributed by atoms with Crippen LogP contribution < -0.4 is 10.6 Å². The van der Waals surface area contributed by atoms with Crippen LogP contribution >= 0.6 is 0 Å². The van der Waals surface area contributed by atoms with Crippen molar-refractivity contribution < 1.29 is 9.59 Å². The molecule has 0 spiro atoms. The second-order valence-corrected chi connectivity index (χ2v) is 6.01. The molecule has 21 heavy (non-hydrogen) atoms. The van der Waals surface area contributed by atoms with Crippen LogP contribution in [-0.4, -0.2) is 43.9 Å². The summed E-state index contributed by atoms with van der Waals surface area (Å²) in [6, 6.07) is 7.51. The lowest BCUT2D eigenvalue weighted by Gasteiger charge is -2.23. The lowest BCUT2D eigenvalue weighted by Crippen LogP contribution is -2.46. The predicted octanol–water partition coefficient (Wildman–Crippen LogP) is 1.64. The maximum atomic E-state index is 12.3. The average molecular weight is 291 g/mol. The van der Waals surface area contributed by atoms with E-state index >= 15 is 0 Å². The summed E-state index contributed by atoms with van der Waals surface area (Å²) in [7, 11) is 3.86. The number of rotatable bonds is 6. The first-order valence-corrected chi connectivity index (χ1v) is 7.04. The number of amides is 2. The molecule has 0 radical (unpaired) electrons. The zero-order chi connectivity index (χ0) is 16.0. The zero-order valence-electron chi connectivity index (χ0n) is 13.5. The van der Waals surface area contributed by atoms with Crippen LogP contribution in [0.5, 0.6) is 0 Å². The Kier molecular flexibility index (Phi) is 5.90. The minimum absolute atomic E-state index is 0.269. The Hall–Kier alpha value is -1.88. The third-order valence-electron chi connectivity index (χ3n) is 3.26. The molecule has 0 aliphatic carbocycles. The number of carbonyl (C=O) groups excluding carboxylic acids is 2. The van der Waals surface area contributed by atoms with Crippen molar-refractivity contribution in [1.29, 1.82) is 0 Å². The van der Waals surface area contributed by atoms with Gasteiger partial charge in [-0.3, -0.25) is 9.59 Å². The number of aryl methyl sites for hydroxylation is 1. The van der Waals surface area contributed by atoms with Crippen LogP contribution in [0.1, 0.15) is 19.4 Å². The van der Waals surface area contributed by atoms with Crippen molar-refractivity contribution in [3.63, 3.8) is 0 Å². The van der Waals surface area contributed by atoms with E-state index in [0.717, 1.165) is 12.1 Å². The minimum Gasteiger partial charge on any atom is -0.354 e. The molecule has 1 rings (SSSR count). The summed E-state index contributed by atoms with van der Waals surface area (Å²) in [5, 5.41) is 5.58. The summed E-state index contributed by atoms with van der Waals surface area (Å²) in [5.41, 5.74) is 0.644. The van der Waals surface area contributed by atoms with Crippen LogP contribution in [0.4, 0.5) is 5.69 Å². The SMILES string of the molecule is Cc1cccc(NC(=O)C(C)(C)C(=O)NCCN(C)C)c1. The summed E-state index contributed by atoms with van der Waals surface area (Å²) < 4.78 is 0. The van der Waals surface area contributed by atoms with Crippen molar-refractivity contribution in [1.82, 2.24) is 10.2 Å². The van der Waals surface area contributed by atoms with E-state index in [9.17, 15) is 9.59 Å². The number of nitrogens with one attached hydrogen (secondary N) is 2. The fraction of sp³-hybridized carbons (Fsp3) is 0.500. The van der Waals surface area contributed by atoms with Gasteiger partial charge >= 0.3 is 0 Å². The highest BCUT2D eigenvalue weighted by atomic mass is 16.2. The molecule has 2 amide bonds. The van der Waals surface area contributed by atoms with Gasteiger partial charge in [0, 0.05) is 18.8 Å². The van der Waals surface area contributed by atoms with E-state index in [1.807, 2.05) is 50.2 Å². The molecule has 0 saturated heterocycles. The molecule has 0 aromatic heterocycles. The van der Waals surface area contributed by atoms with E-state index < -0.39 is 5.41 Å².